The van der Waals surface area contributed by atoms with E-state index in [1.807, 2.05) is 6.92 Å². The van der Waals surface area contributed by atoms with Crippen molar-refractivity contribution in [2.45, 2.75) is 26.7 Å². The first kappa shape index (κ1) is 9.97. The van der Waals surface area contributed by atoms with Gasteiger partial charge in [0.15, 0.2) is 0 Å². The van der Waals surface area contributed by atoms with E-state index in [1.165, 1.54) is 17.5 Å². The van der Waals surface area contributed by atoms with Crippen molar-refractivity contribution in [2.24, 2.45) is 0 Å². The zero-order chi connectivity index (χ0) is 10.7. The Bertz CT molecular complexity index is 428. The number of hydrogen-bond donors (Lipinski definition) is 0. The largest absolute Gasteiger partial charge is 0.364 e. The van der Waals surface area contributed by atoms with Crippen molar-refractivity contribution in [3.05, 3.63) is 41.8 Å². The van der Waals surface area contributed by atoms with Crippen LogP contribution in [-0.2, 0) is 6.42 Å². The summed E-state index contributed by atoms with van der Waals surface area (Å²) in [5.74, 6) is 0. The summed E-state index contributed by atoms with van der Waals surface area (Å²) < 4.78 is 4.93. The van der Waals surface area contributed by atoms with Crippen LogP contribution < -0.4 is 0 Å². The molecule has 0 radical (unpaired) electrons. The molecule has 0 spiro atoms. The standard InChI is InChI=1S/C13H15NO/c1-3-4-11-5-7-12(8-6-11)13-9-15-14-10(13)2/h5-9H,3-4H2,1-2H3. The average molecular weight is 201 g/mol. The minimum Gasteiger partial charge on any atom is -0.364 e. The van der Waals surface area contributed by atoms with Crippen LogP contribution in [0.3, 0.4) is 0 Å². The van der Waals surface area contributed by atoms with E-state index >= 15 is 0 Å². The van der Waals surface area contributed by atoms with E-state index in [9.17, 15) is 0 Å². The summed E-state index contributed by atoms with van der Waals surface area (Å²) in [6, 6.07) is 8.60. The van der Waals surface area contributed by atoms with Gasteiger partial charge in [0.1, 0.15) is 6.26 Å². The molecule has 0 saturated heterocycles. The van der Waals surface area contributed by atoms with Crippen molar-refractivity contribution in [3.8, 4) is 11.1 Å². The van der Waals surface area contributed by atoms with E-state index in [-0.39, 0.29) is 0 Å². The third kappa shape index (κ3) is 2.09. The molecule has 0 unspecified atom stereocenters. The van der Waals surface area contributed by atoms with Crippen LogP contribution in [0.5, 0.6) is 0 Å². The van der Waals surface area contributed by atoms with Gasteiger partial charge in [-0.15, -0.1) is 0 Å². The quantitative estimate of drug-likeness (QED) is 0.758. The maximum Gasteiger partial charge on any atom is 0.131 e. The molecule has 1 heterocycles. The predicted octanol–water partition coefficient (Wildman–Crippen LogP) is 3.60. The Kier molecular flexibility index (Phi) is 2.86. The number of hydrogen-bond acceptors (Lipinski definition) is 2. The average Bonchev–Trinajstić information content (AvgIpc) is 2.66. The van der Waals surface area contributed by atoms with Crippen molar-refractivity contribution in [3.63, 3.8) is 0 Å². The molecule has 0 atom stereocenters. The zero-order valence-corrected chi connectivity index (χ0v) is 9.16. The summed E-state index contributed by atoms with van der Waals surface area (Å²) in [7, 11) is 0. The first-order valence-corrected chi connectivity index (χ1v) is 5.31. The topological polar surface area (TPSA) is 26.0 Å². The van der Waals surface area contributed by atoms with Crippen molar-refractivity contribution >= 4 is 0 Å². The Morgan fingerprint density at radius 3 is 2.47 bits per heavy atom. The van der Waals surface area contributed by atoms with Gasteiger partial charge < -0.3 is 4.52 Å². The second-order valence-corrected chi connectivity index (χ2v) is 3.76. The molecule has 1 aromatic heterocycles. The van der Waals surface area contributed by atoms with E-state index in [2.05, 4.69) is 36.3 Å². The van der Waals surface area contributed by atoms with Crippen molar-refractivity contribution in [1.82, 2.24) is 5.16 Å². The van der Waals surface area contributed by atoms with Crippen LogP contribution in [-0.4, -0.2) is 5.16 Å². The number of aryl methyl sites for hydroxylation is 2. The molecule has 2 nitrogen and oxygen atoms in total. The highest BCUT2D eigenvalue weighted by Crippen LogP contribution is 2.22. The zero-order valence-electron chi connectivity index (χ0n) is 9.16. The summed E-state index contributed by atoms with van der Waals surface area (Å²) >= 11 is 0. The molecule has 2 rings (SSSR count). The number of benzene rings is 1. The van der Waals surface area contributed by atoms with Crippen LogP contribution in [0.15, 0.2) is 35.1 Å². The van der Waals surface area contributed by atoms with E-state index in [1.54, 1.807) is 6.26 Å². The minimum atomic E-state index is 0.943. The van der Waals surface area contributed by atoms with E-state index in [0.29, 0.717) is 0 Å². The lowest BCUT2D eigenvalue weighted by atomic mass is 10.0. The summed E-state index contributed by atoms with van der Waals surface area (Å²) in [6.07, 6.45) is 4.03. The lowest BCUT2D eigenvalue weighted by Crippen LogP contribution is -1.84. The van der Waals surface area contributed by atoms with Crippen LogP contribution in [0, 0.1) is 6.92 Å². The molecule has 2 aromatic rings. The summed E-state index contributed by atoms with van der Waals surface area (Å²) in [4.78, 5) is 0. The SMILES string of the molecule is CCCc1ccc(-c2conc2C)cc1. The van der Waals surface area contributed by atoms with E-state index < -0.39 is 0 Å². The van der Waals surface area contributed by atoms with Gasteiger partial charge in [-0.2, -0.15) is 0 Å². The van der Waals surface area contributed by atoms with Gasteiger partial charge in [0.25, 0.3) is 0 Å². The molecule has 0 amide bonds. The Balaban J connectivity index is 2.28. The minimum absolute atomic E-state index is 0.943. The molecule has 15 heavy (non-hydrogen) atoms. The normalized spacial score (nSPS) is 10.5. The third-order valence-electron chi connectivity index (χ3n) is 2.55. The second-order valence-electron chi connectivity index (χ2n) is 3.76. The molecule has 78 valence electrons. The van der Waals surface area contributed by atoms with Crippen LogP contribution in [0.2, 0.25) is 0 Å². The Hall–Kier alpha value is -1.57. The Labute approximate surface area is 89.9 Å². The third-order valence-corrected chi connectivity index (χ3v) is 2.55. The Morgan fingerprint density at radius 2 is 1.93 bits per heavy atom. The second kappa shape index (κ2) is 4.30. The lowest BCUT2D eigenvalue weighted by molar-refractivity contribution is 0.415. The molecule has 0 saturated carbocycles. The molecule has 2 heteroatoms. The highest BCUT2D eigenvalue weighted by Gasteiger charge is 2.04. The highest BCUT2D eigenvalue weighted by atomic mass is 16.5. The molecular weight excluding hydrogens is 186 g/mol. The van der Waals surface area contributed by atoms with Crippen LogP contribution in [0.25, 0.3) is 11.1 Å². The number of nitrogens with zero attached hydrogens (tertiary/aromatic N) is 1. The smallest absolute Gasteiger partial charge is 0.131 e. The maximum atomic E-state index is 4.93. The van der Waals surface area contributed by atoms with Crippen molar-refractivity contribution in [2.75, 3.05) is 0 Å². The lowest BCUT2D eigenvalue weighted by Gasteiger charge is -2.01. The van der Waals surface area contributed by atoms with Gasteiger partial charge in [-0.05, 0) is 24.5 Å². The van der Waals surface area contributed by atoms with Gasteiger partial charge in [0.2, 0.25) is 0 Å². The van der Waals surface area contributed by atoms with Crippen molar-refractivity contribution in [1.29, 1.82) is 0 Å². The molecule has 0 aliphatic carbocycles. The fraction of sp³-hybridized carbons (Fsp3) is 0.308. The number of aromatic nitrogens is 1. The van der Waals surface area contributed by atoms with E-state index in [4.69, 9.17) is 4.52 Å². The van der Waals surface area contributed by atoms with Gasteiger partial charge in [-0.1, -0.05) is 42.8 Å². The highest BCUT2D eigenvalue weighted by molar-refractivity contribution is 5.64. The van der Waals surface area contributed by atoms with Gasteiger partial charge in [0, 0.05) is 5.56 Å². The van der Waals surface area contributed by atoms with E-state index in [0.717, 1.165) is 17.7 Å². The fourth-order valence-electron chi connectivity index (χ4n) is 1.71. The maximum absolute atomic E-state index is 4.93. The number of rotatable bonds is 3. The summed E-state index contributed by atoms with van der Waals surface area (Å²) in [6.45, 7) is 4.15. The molecule has 1 aromatic carbocycles. The first-order chi connectivity index (χ1) is 7.31. The van der Waals surface area contributed by atoms with Gasteiger partial charge in [0.05, 0.1) is 5.69 Å². The fourth-order valence-corrected chi connectivity index (χ4v) is 1.71. The molecular formula is C13H15NO. The predicted molar refractivity (Wildman–Crippen MR) is 60.7 cm³/mol. The summed E-state index contributed by atoms with van der Waals surface area (Å²) in [5.41, 5.74) is 4.58. The van der Waals surface area contributed by atoms with Crippen LogP contribution in [0.4, 0.5) is 0 Å². The molecule has 0 fully saturated rings. The molecule has 0 bridgehead atoms. The van der Waals surface area contributed by atoms with Gasteiger partial charge in [-0.3, -0.25) is 0 Å². The van der Waals surface area contributed by atoms with Gasteiger partial charge >= 0.3 is 0 Å². The van der Waals surface area contributed by atoms with Crippen LogP contribution in [0.1, 0.15) is 24.6 Å². The molecule has 0 N–H and O–H groups in total. The van der Waals surface area contributed by atoms with Crippen molar-refractivity contribution < 1.29 is 4.52 Å². The Morgan fingerprint density at radius 1 is 1.20 bits per heavy atom. The molecule has 0 aliphatic heterocycles. The monoisotopic (exact) mass is 201 g/mol. The molecule has 0 aliphatic rings. The van der Waals surface area contributed by atoms with Crippen LogP contribution >= 0.6 is 0 Å². The first-order valence-electron chi connectivity index (χ1n) is 5.31. The summed E-state index contributed by atoms with van der Waals surface area (Å²) in [5, 5.41) is 3.88. The van der Waals surface area contributed by atoms with Gasteiger partial charge in [-0.25, -0.2) is 0 Å².